The van der Waals surface area contributed by atoms with Gasteiger partial charge in [0.2, 0.25) is 0 Å². The van der Waals surface area contributed by atoms with Gasteiger partial charge >= 0.3 is 0 Å². The number of piperazine rings is 2. The van der Waals surface area contributed by atoms with Gasteiger partial charge in [0.1, 0.15) is 18.0 Å². The van der Waals surface area contributed by atoms with Gasteiger partial charge in [-0.05, 0) is 55.1 Å². The van der Waals surface area contributed by atoms with Crippen molar-refractivity contribution in [2.24, 2.45) is 0 Å². The number of anilines is 2. The number of aromatic amines is 1. The number of nitrogens with one attached hydrogen (secondary N) is 1. The number of aromatic nitrogens is 2. The van der Waals surface area contributed by atoms with Gasteiger partial charge in [-0.3, -0.25) is 0 Å². The molecule has 2 aromatic heterocycles. The summed E-state index contributed by atoms with van der Waals surface area (Å²) in [5.41, 5.74) is 9.31. The van der Waals surface area contributed by atoms with E-state index in [4.69, 9.17) is 9.72 Å². The number of nitrogens with zero attached hydrogens (tertiary/aromatic N) is 5. The van der Waals surface area contributed by atoms with Crippen LogP contribution in [0, 0.1) is 0 Å². The zero-order valence-electron chi connectivity index (χ0n) is 21.7. The van der Waals surface area contributed by atoms with Crippen LogP contribution in [0.15, 0.2) is 54.9 Å². The summed E-state index contributed by atoms with van der Waals surface area (Å²) in [4.78, 5) is 17.9. The van der Waals surface area contributed by atoms with Crippen LogP contribution >= 0.6 is 0 Å². The van der Waals surface area contributed by atoms with E-state index in [1.807, 2.05) is 6.20 Å². The molecule has 4 aromatic rings. The van der Waals surface area contributed by atoms with Crippen molar-refractivity contribution in [2.45, 2.75) is 6.61 Å². The Labute approximate surface area is 218 Å². The van der Waals surface area contributed by atoms with Crippen LogP contribution in [0.3, 0.4) is 0 Å². The van der Waals surface area contributed by atoms with Crippen LogP contribution in [0.2, 0.25) is 0 Å². The number of H-pyrrole nitrogens is 1. The lowest BCUT2D eigenvalue weighted by Gasteiger charge is -2.34. The molecule has 0 saturated carbocycles. The van der Waals surface area contributed by atoms with E-state index in [1.165, 1.54) is 28.1 Å². The number of rotatable bonds is 3. The lowest BCUT2D eigenvalue weighted by molar-refractivity contribution is 0.305. The largest absolute Gasteiger partial charge is 0.487 e. The molecular weight excluding hydrogens is 460 g/mol. The molecule has 7 nitrogen and oxygen atoms in total. The summed E-state index contributed by atoms with van der Waals surface area (Å²) in [7, 11) is 4.39. The number of likely N-dealkylation sites (N-methyl/N-ethyl adjacent to an activating group) is 2. The van der Waals surface area contributed by atoms with Gasteiger partial charge in [0.15, 0.2) is 0 Å². The molecular formula is C30H34N6O. The Hall–Kier alpha value is -3.55. The number of pyridine rings is 1. The van der Waals surface area contributed by atoms with Gasteiger partial charge in [0.05, 0.1) is 5.39 Å². The number of ether oxygens (including phenoxy) is 1. The first kappa shape index (κ1) is 22.6. The second-order valence-electron chi connectivity index (χ2n) is 10.7. The highest BCUT2D eigenvalue weighted by Gasteiger charge is 2.25. The minimum atomic E-state index is 0.579. The molecule has 5 heterocycles. The molecule has 0 bridgehead atoms. The first-order valence-corrected chi connectivity index (χ1v) is 13.4. The SMILES string of the molecule is CN1CCN(c2ccc(-c3c[nH]c4ncc5c(c34)OCc3cc(N4CCN(C)CC4)ccc3-5)cc2)CC1. The van der Waals surface area contributed by atoms with E-state index in [1.54, 1.807) is 0 Å². The van der Waals surface area contributed by atoms with Crippen molar-refractivity contribution in [2.75, 3.05) is 76.3 Å². The highest BCUT2D eigenvalue weighted by atomic mass is 16.5. The van der Waals surface area contributed by atoms with E-state index in [0.717, 1.165) is 80.3 Å². The Balaban J connectivity index is 1.21. The number of hydrogen-bond donors (Lipinski definition) is 1. The molecule has 7 rings (SSSR count). The number of hydrogen-bond acceptors (Lipinski definition) is 6. The summed E-state index contributed by atoms with van der Waals surface area (Å²) in [6.07, 6.45) is 4.03. The Bertz CT molecular complexity index is 1430. The molecule has 3 aliphatic heterocycles. The third-order valence-electron chi connectivity index (χ3n) is 8.32. The number of fused-ring (bicyclic) bond motifs is 5. The maximum Gasteiger partial charge on any atom is 0.141 e. The summed E-state index contributed by atoms with van der Waals surface area (Å²) < 4.78 is 6.47. The summed E-state index contributed by atoms with van der Waals surface area (Å²) in [6, 6.07) is 15.8. The van der Waals surface area contributed by atoms with E-state index in [-0.39, 0.29) is 0 Å². The quantitative estimate of drug-likeness (QED) is 0.459. The second-order valence-corrected chi connectivity index (χ2v) is 10.7. The van der Waals surface area contributed by atoms with Gasteiger partial charge in [-0.1, -0.05) is 18.2 Å². The molecule has 0 unspecified atom stereocenters. The van der Waals surface area contributed by atoms with Crippen molar-refractivity contribution < 1.29 is 4.74 Å². The summed E-state index contributed by atoms with van der Waals surface area (Å²) >= 11 is 0. The summed E-state index contributed by atoms with van der Waals surface area (Å²) in [5, 5.41) is 1.07. The Morgan fingerprint density at radius 1 is 0.730 bits per heavy atom. The molecule has 0 amide bonds. The molecule has 0 spiro atoms. The Morgan fingerprint density at radius 3 is 2.08 bits per heavy atom. The molecule has 0 radical (unpaired) electrons. The van der Waals surface area contributed by atoms with Crippen molar-refractivity contribution >= 4 is 22.4 Å². The van der Waals surface area contributed by atoms with Crippen LogP contribution in [-0.2, 0) is 6.61 Å². The average molecular weight is 495 g/mol. The van der Waals surface area contributed by atoms with Crippen LogP contribution in [0.25, 0.3) is 33.3 Å². The van der Waals surface area contributed by atoms with Crippen LogP contribution in [0.1, 0.15) is 5.56 Å². The third-order valence-corrected chi connectivity index (χ3v) is 8.32. The van der Waals surface area contributed by atoms with E-state index >= 15 is 0 Å². The van der Waals surface area contributed by atoms with Crippen molar-refractivity contribution in [3.8, 4) is 28.0 Å². The van der Waals surface area contributed by atoms with Crippen molar-refractivity contribution in [1.82, 2.24) is 19.8 Å². The molecule has 190 valence electrons. The van der Waals surface area contributed by atoms with Crippen molar-refractivity contribution in [3.63, 3.8) is 0 Å². The molecule has 37 heavy (non-hydrogen) atoms. The highest BCUT2D eigenvalue weighted by molar-refractivity contribution is 6.02. The molecule has 3 aliphatic rings. The van der Waals surface area contributed by atoms with E-state index in [9.17, 15) is 0 Å². The molecule has 1 N–H and O–H groups in total. The molecule has 0 atom stereocenters. The maximum absolute atomic E-state index is 6.47. The monoisotopic (exact) mass is 494 g/mol. The fourth-order valence-corrected chi connectivity index (χ4v) is 5.93. The zero-order chi connectivity index (χ0) is 24.9. The summed E-state index contributed by atoms with van der Waals surface area (Å²) in [5.74, 6) is 0.934. The van der Waals surface area contributed by atoms with Crippen molar-refractivity contribution in [3.05, 3.63) is 60.4 Å². The fourth-order valence-electron chi connectivity index (χ4n) is 5.93. The van der Waals surface area contributed by atoms with Gasteiger partial charge in [-0.2, -0.15) is 0 Å². The topological polar surface area (TPSA) is 50.9 Å². The van der Waals surface area contributed by atoms with Gasteiger partial charge in [-0.15, -0.1) is 0 Å². The minimum absolute atomic E-state index is 0.579. The third kappa shape index (κ3) is 4.03. The van der Waals surface area contributed by atoms with Crippen LogP contribution in [-0.4, -0.2) is 86.2 Å². The zero-order valence-corrected chi connectivity index (χ0v) is 21.7. The molecule has 0 aliphatic carbocycles. The number of benzene rings is 2. The molecule has 2 saturated heterocycles. The first-order chi connectivity index (χ1) is 18.1. The second kappa shape index (κ2) is 9.08. The minimum Gasteiger partial charge on any atom is -0.487 e. The lowest BCUT2D eigenvalue weighted by atomic mass is 9.95. The van der Waals surface area contributed by atoms with E-state index < -0.39 is 0 Å². The maximum atomic E-state index is 6.47. The van der Waals surface area contributed by atoms with E-state index in [2.05, 4.69) is 87.3 Å². The molecule has 2 fully saturated rings. The average Bonchev–Trinajstić information content (AvgIpc) is 3.38. The summed E-state index contributed by atoms with van der Waals surface area (Å²) in [6.45, 7) is 9.28. The van der Waals surface area contributed by atoms with Gasteiger partial charge in [0.25, 0.3) is 0 Å². The standard InChI is InChI=1S/C30H34N6O/c1-33-9-13-35(14-10-33)23-5-3-21(4-6-23)26-18-31-30-28(26)29-27(19-32-30)25-8-7-24(17-22(25)20-37-29)36-15-11-34(2)12-16-36/h3-8,17-19H,9-16,20H2,1-2H3,(H,31,32). The lowest BCUT2D eigenvalue weighted by Crippen LogP contribution is -2.44. The van der Waals surface area contributed by atoms with Crippen LogP contribution in [0.5, 0.6) is 5.75 Å². The van der Waals surface area contributed by atoms with Gasteiger partial charge < -0.3 is 29.3 Å². The van der Waals surface area contributed by atoms with Crippen LogP contribution in [0.4, 0.5) is 11.4 Å². The highest BCUT2D eigenvalue weighted by Crippen LogP contribution is 2.45. The fraction of sp³-hybridized carbons (Fsp3) is 0.367. The normalized spacial score (nSPS) is 18.5. The van der Waals surface area contributed by atoms with Gasteiger partial charge in [-0.25, -0.2) is 4.98 Å². The Kier molecular flexibility index (Phi) is 5.55. The van der Waals surface area contributed by atoms with Gasteiger partial charge in [0, 0.05) is 87.3 Å². The molecule has 2 aromatic carbocycles. The van der Waals surface area contributed by atoms with Crippen molar-refractivity contribution in [1.29, 1.82) is 0 Å². The first-order valence-electron chi connectivity index (χ1n) is 13.4. The smallest absolute Gasteiger partial charge is 0.141 e. The predicted octanol–water partition coefficient (Wildman–Crippen LogP) is 4.29. The Morgan fingerprint density at radius 2 is 1.38 bits per heavy atom. The molecule has 7 heteroatoms. The predicted molar refractivity (Wildman–Crippen MR) is 151 cm³/mol. The van der Waals surface area contributed by atoms with Crippen LogP contribution < -0.4 is 14.5 Å². The van der Waals surface area contributed by atoms with E-state index in [0.29, 0.717) is 6.61 Å².